The molecule has 26 heavy (non-hydrogen) atoms. The minimum Gasteiger partial charge on any atom is -0.466 e. The van der Waals surface area contributed by atoms with Crippen LogP contribution in [0.3, 0.4) is 0 Å². The predicted octanol–water partition coefficient (Wildman–Crippen LogP) is 2.59. The first-order chi connectivity index (χ1) is 12.6. The van der Waals surface area contributed by atoms with Crippen molar-refractivity contribution in [2.45, 2.75) is 45.2 Å². The van der Waals surface area contributed by atoms with Crippen molar-refractivity contribution in [1.82, 2.24) is 9.80 Å². The molecule has 6 heteroatoms. The standard InChI is InChI=1S/C20H27FN2O3/c1-2-26-20(25)16-9-11-22(12-10-16)19(24)14-23(18-7-8-18)13-15-3-5-17(21)6-4-15/h3-6,16,18H,2,7-14H2,1H3. The number of benzene rings is 1. The molecule has 0 spiro atoms. The van der Waals surface area contributed by atoms with Crippen molar-refractivity contribution in [2.75, 3.05) is 26.2 Å². The van der Waals surface area contributed by atoms with Crippen LogP contribution in [0.15, 0.2) is 24.3 Å². The highest BCUT2D eigenvalue weighted by atomic mass is 19.1. The molecule has 0 N–H and O–H groups in total. The van der Waals surface area contributed by atoms with E-state index in [1.54, 1.807) is 12.1 Å². The molecule has 5 nitrogen and oxygen atoms in total. The third-order valence-electron chi connectivity index (χ3n) is 5.17. The van der Waals surface area contributed by atoms with Crippen LogP contribution in [0.4, 0.5) is 4.39 Å². The number of piperidine rings is 1. The lowest BCUT2D eigenvalue weighted by Gasteiger charge is -2.33. The van der Waals surface area contributed by atoms with Crippen molar-refractivity contribution in [3.05, 3.63) is 35.6 Å². The number of nitrogens with zero attached hydrogens (tertiary/aromatic N) is 2. The molecule has 0 atom stereocenters. The number of esters is 1. The highest BCUT2D eigenvalue weighted by Gasteiger charge is 2.33. The van der Waals surface area contributed by atoms with E-state index in [2.05, 4.69) is 4.90 Å². The minimum absolute atomic E-state index is 0.0854. The molecule has 1 heterocycles. The van der Waals surface area contributed by atoms with Gasteiger partial charge in [-0.05, 0) is 50.3 Å². The predicted molar refractivity (Wildman–Crippen MR) is 95.8 cm³/mol. The topological polar surface area (TPSA) is 49.9 Å². The summed E-state index contributed by atoms with van der Waals surface area (Å²) in [4.78, 5) is 28.6. The number of halogens is 1. The number of hydrogen-bond donors (Lipinski definition) is 0. The first kappa shape index (κ1) is 18.8. The largest absolute Gasteiger partial charge is 0.466 e. The molecular weight excluding hydrogens is 335 g/mol. The Labute approximate surface area is 154 Å². The van der Waals surface area contributed by atoms with Crippen LogP contribution in [-0.4, -0.2) is 54.0 Å². The van der Waals surface area contributed by atoms with Gasteiger partial charge in [0.05, 0.1) is 19.1 Å². The van der Waals surface area contributed by atoms with Crippen LogP contribution in [-0.2, 0) is 20.9 Å². The van der Waals surface area contributed by atoms with Crippen LogP contribution in [0.5, 0.6) is 0 Å². The van der Waals surface area contributed by atoms with Crippen LogP contribution in [0.25, 0.3) is 0 Å². The molecule has 1 saturated heterocycles. The van der Waals surface area contributed by atoms with E-state index >= 15 is 0 Å². The van der Waals surface area contributed by atoms with Crippen molar-refractivity contribution in [3.63, 3.8) is 0 Å². The molecule has 3 rings (SSSR count). The third kappa shape index (κ3) is 5.04. The summed E-state index contributed by atoms with van der Waals surface area (Å²) in [6.45, 7) is 4.47. The molecular formula is C20H27FN2O3. The molecule has 1 saturated carbocycles. The van der Waals surface area contributed by atoms with E-state index in [1.807, 2.05) is 11.8 Å². The molecule has 1 aliphatic carbocycles. The second kappa shape index (κ2) is 8.62. The smallest absolute Gasteiger partial charge is 0.309 e. The van der Waals surface area contributed by atoms with E-state index in [0.717, 1.165) is 18.4 Å². The average Bonchev–Trinajstić information content (AvgIpc) is 3.48. The van der Waals surface area contributed by atoms with Crippen LogP contribution in [0, 0.1) is 11.7 Å². The first-order valence-electron chi connectivity index (χ1n) is 9.49. The normalized spacial score (nSPS) is 18.2. The number of carbonyl (C=O) groups excluding carboxylic acids is 2. The monoisotopic (exact) mass is 362 g/mol. The Morgan fingerprint density at radius 1 is 1.15 bits per heavy atom. The van der Waals surface area contributed by atoms with Gasteiger partial charge in [-0.25, -0.2) is 4.39 Å². The number of hydrogen-bond acceptors (Lipinski definition) is 4. The fraction of sp³-hybridized carbons (Fsp3) is 0.600. The first-order valence-corrected chi connectivity index (χ1v) is 9.49. The molecule has 1 aromatic carbocycles. The Bertz CT molecular complexity index is 622. The van der Waals surface area contributed by atoms with Gasteiger partial charge < -0.3 is 9.64 Å². The zero-order valence-corrected chi connectivity index (χ0v) is 15.3. The second-order valence-electron chi connectivity index (χ2n) is 7.17. The van der Waals surface area contributed by atoms with Gasteiger partial charge in [0.1, 0.15) is 5.82 Å². The van der Waals surface area contributed by atoms with Gasteiger partial charge in [0.2, 0.25) is 5.91 Å². The zero-order valence-electron chi connectivity index (χ0n) is 15.3. The van der Waals surface area contributed by atoms with Crippen LogP contribution in [0.1, 0.15) is 38.2 Å². The summed E-state index contributed by atoms with van der Waals surface area (Å²) < 4.78 is 18.2. The summed E-state index contributed by atoms with van der Waals surface area (Å²) in [6.07, 6.45) is 3.57. The Hall–Kier alpha value is -1.95. The lowest BCUT2D eigenvalue weighted by molar-refractivity contribution is -0.151. The summed E-state index contributed by atoms with van der Waals surface area (Å²) in [7, 11) is 0. The Morgan fingerprint density at radius 2 is 1.81 bits per heavy atom. The minimum atomic E-state index is -0.243. The molecule has 2 aliphatic rings. The van der Waals surface area contributed by atoms with Gasteiger partial charge in [0, 0.05) is 25.7 Å². The second-order valence-corrected chi connectivity index (χ2v) is 7.17. The lowest BCUT2D eigenvalue weighted by atomic mass is 9.97. The van der Waals surface area contributed by atoms with Crippen molar-refractivity contribution in [2.24, 2.45) is 5.92 Å². The van der Waals surface area contributed by atoms with Crippen molar-refractivity contribution in [1.29, 1.82) is 0 Å². The van der Waals surface area contributed by atoms with Crippen molar-refractivity contribution >= 4 is 11.9 Å². The average molecular weight is 362 g/mol. The summed E-state index contributed by atoms with van der Waals surface area (Å²) in [5.41, 5.74) is 1.02. The van der Waals surface area contributed by atoms with E-state index in [1.165, 1.54) is 12.1 Å². The fourth-order valence-corrected chi connectivity index (χ4v) is 3.48. The highest BCUT2D eigenvalue weighted by molar-refractivity contribution is 5.79. The van der Waals surface area contributed by atoms with Crippen LogP contribution >= 0.6 is 0 Å². The highest BCUT2D eigenvalue weighted by Crippen LogP contribution is 2.28. The van der Waals surface area contributed by atoms with Gasteiger partial charge in [0.25, 0.3) is 0 Å². The molecule has 0 radical (unpaired) electrons. The van der Waals surface area contributed by atoms with Crippen LogP contribution < -0.4 is 0 Å². The van der Waals surface area contributed by atoms with E-state index in [0.29, 0.717) is 51.7 Å². The molecule has 1 amide bonds. The van der Waals surface area contributed by atoms with Crippen molar-refractivity contribution in [3.8, 4) is 0 Å². The Kier molecular flexibility index (Phi) is 6.25. The molecule has 0 unspecified atom stereocenters. The number of amides is 1. The number of likely N-dealkylation sites (tertiary alicyclic amines) is 1. The van der Waals surface area contributed by atoms with Gasteiger partial charge in [-0.1, -0.05) is 12.1 Å². The summed E-state index contributed by atoms with van der Waals surface area (Å²) in [6, 6.07) is 6.92. The van der Waals surface area contributed by atoms with Gasteiger partial charge >= 0.3 is 5.97 Å². The van der Waals surface area contributed by atoms with Crippen molar-refractivity contribution < 1.29 is 18.7 Å². The maximum absolute atomic E-state index is 13.1. The van der Waals surface area contributed by atoms with E-state index in [9.17, 15) is 14.0 Å². The maximum atomic E-state index is 13.1. The molecule has 142 valence electrons. The number of ether oxygens (including phenoxy) is 1. The molecule has 1 aromatic rings. The Morgan fingerprint density at radius 3 is 2.38 bits per heavy atom. The van der Waals surface area contributed by atoms with E-state index < -0.39 is 0 Å². The Balaban J connectivity index is 1.51. The van der Waals surface area contributed by atoms with E-state index in [-0.39, 0.29) is 23.6 Å². The SMILES string of the molecule is CCOC(=O)C1CCN(C(=O)CN(Cc2ccc(F)cc2)C2CC2)CC1. The molecule has 1 aliphatic heterocycles. The molecule has 0 aromatic heterocycles. The lowest BCUT2D eigenvalue weighted by Crippen LogP contribution is -2.45. The summed E-state index contributed by atoms with van der Waals surface area (Å²) in [5.74, 6) is -0.359. The van der Waals surface area contributed by atoms with E-state index in [4.69, 9.17) is 4.74 Å². The quantitative estimate of drug-likeness (QED) is 0.700. The molecule has 0 bridgehead atoms. The zero-order chi connectivity index (χ0) is 18.5. The fourth-order valence-electron chi connectivity index (χ4n) is 3.48. The van der Waals surface area contributed by atoms with Gasteiger partial charge in [-0.3, -0.25) is 14.5 Å². The molecule has 2 fully saturated rings. The van der Waals surface area contributed by atoms with Crippen LogP contribution in [0.2, 0.25) is 0 Å². The maximum Gasteiger partial charge on any atom is 0.309 e. The number of rotatable bonds is 7. The van der Waals surface area contributed by atoms with Gasteiger partial charge in [-0.2, -0.15) is 0 Å². The summed E-state index contributed by atoms with van der Waals surface area (Å²) in [5, 5.41) is 0. The third-order valence-corrected chi connectivity index (χ3v) is 5.17. The summed E-state index contributed by atoms with van der Waals surface area (Å²) >= 11 is 0. The van der Waals surface area contributed by atoms with Gasteiger partial charge in [0.15, 0.2) is 0 Å². The van der Waals surface area contributed by atoms with Gasteiger partial charge in [-0.15, -0.1) is 0 Å². The number of carbonyl (C=O) groups is 2.